The summed E-state index contributed by atoms with van der Waals surface area (Å²) in [5.41, 5.74) is 0.372. The van der Waals surface area contributed by atoms with Crippen LogP contribution in [-0.2, 0) is 4.74 Å². The van der Waals surface area contributed by atoms with Crippen molar-refractivity contribution in [1.82, 2.24) is 0 Å². The van der Waals surface area contributed by atoms with Gasteiger partial charge in [0.1, 0.15) is 11.9 Å². The Morgan fingerprint density at radius 1 is 1.61 bits per heavy atom. The zero-order chi connectivity index (χ0) is 13.1. The standard InChI is InChI=1S/C12H15NO5/c1-8(14)11-6-9(13(15)16)2-3-12(11)18-10-4-5-17-7-10/h2-3,6,8,10,14H,4-5,7H2,1H3/t8-,10?/m0/s1. The fraction of sp³-hybridized carbons (Fsp3) is 0.500. The third-order valence-corrected chi connectivity index (χ3v) is 2.84. The molecule has 1 aromatic rings. The second kappa shape index (κ2) is 5.32. The number of ether oxygens (including phenoxy) is 2. The highest BCUT2D eigenvalue weighted by Crippen LogP contribution is 2.30. The molecule has 2 atom stereocenters. The third kappa shape index (κ3) is 2.77. The van der Waals surface area contributed by atoms with Gasteiger partial charge in [-0.15, -0.1) is 0 Å². The molecule has 0 spiro atoms. The minimum atomic E-state index is -0.817. The maximum absolute atomic E-state index is 10.7. The van der Waals surface area contributed by atoms with Crippen molar-refractivity contribution in [3.63, 3.8) is 0 Å². The van der Waals surface area contributed by atoms with Crippen LogP contribution in [0, 0.1) is 10.1 Å². The summed E-state index contributed by atoms with van der Waals surface area (Å²) in [7, 11) is 0. The Kier molecular flexibility index (Phi) is 3.78. The summed E-state index contributed by atoms with van der Waals surface area (Å²) in [6.45, 7) is 2.72. The topological polar surface area (TPSA) is 81.8 Å². The molecule has 6 nitrogen and oxygen atoms in total. The monoisotopic (exact) mass is 253 g/mol. The molecule has 0 radical (unpaired) electrons. The van der Waals surface area contributed by atoms with Crippen molar-refractivity contribution in [2.75, 3.05) is 13.2 Å². The van der Waals surface area contributed by atoms with Crippen LogP contribution in [-0.4, -0.2) is 29.3 Å². The number of nitro benzene ring substituents is 1. The molecular weight excluding hydrogens is 238 g/mol. The highest BCUT2D eigenvalue weighted by molar-refractivity contribution is 5.44. The molecule has 1 heterocycles. The highest BCUT2D eigenvalue weighted by atomic mass is 16.6. The third-order valence-electron chi connectivity index (χ3n) is 2.84. The first kappa shape index (κ1) is 12.8. The van der Waals surface area contributed by atoms with Gasteiger partial charge >= 0.3 is 0 Å². The predicted octanol–water partition coefficient (Wildman–Crippen LogP) is 1.82. The van der Waals surface area contributed by atoms with Crippen LogP contribution in [0.3, 0.4) is 0 Å². The van der Waals surface area contributed by atoms with E-state index in [2.05, 4.69) is 0 Å². The highest BCUT2D eigenvalue weighted by Gasteiger charge is 2.21. The smallest absolute Gasteiger partial charge is 0.270 e. The van der Waals surface area contributed by atoms with Crippen LogP contribution >= 0.6 is 0 Å². The number of benzene rings is 1. The predicted molar refractivity (Wildman–Crippen MR) is 63.6 cm³/mol. The number of nitro groups is 1. The molecule has 0 bridgehead atoms. The van der Waals surface area contributed by atoms with Gasteiger partial charge in [-0.1, -0.05) is 0 Å². The fourth-order valence-electron chi connectivity index (χ4n) is 1.87. The molecule has 1 N–H and O–H groups in total. The van der Waals surface area contributed by atoms with Gasteiger partial charge in [0.15, 0.2) is 0 Å². The van der Waals surface area contributed by atoms with E-state index < -0.39 is 11.0 Å². The van der Waals surface area contributed by atoms with E-state index in [9.17, 15) is 15.2 Å². The van der Waals surface area contributed by atoms with Gasteiger partial charge in [-0.3, -0.25) is 10.1 Å². The van der Waals surface area contributed by atoms with Crippen LogP contribution in [0.1, 0.15) is 25.0 Å². The Hall–Kier alpha value is -1.66. The largest absolute Gasteiger partial charge is 0.488 e. The van der Waals surface area contributed by atoms with E-state index in [-0.39, 0.29) is 11.8 Å². The molecule has 1 unspecified atom stereocenters. The Morgan fingerprint density at radius 3 is 2.94 bits per heavy atom. The summed E-state index contributed by atoms with van der Waals surface area (Å²) in [5.74, 6) is 0.478. The lowest BCUT2D eigenvalue weighted by molar-refractivity contribution is -0.385. The number of hydrogen-bond donors (Lipinski definition) is 1. The average Bonchev–Trinajstić information content (AvgIpc) is 2.81. The van der Waals surface area contributed by atoms with E-state index in [1.54, 1.807) is 6.92 Å². The zero-order valence-electron chi connectivity index (χ0n) is 10.0. The molecule has 0 aromatic heterocycles. The Bertz CT molecular complexity index is 440. The molecule has 1 fully saturated rings. The lowest BCUT2D eigenvalue weighted by Crippen LogP contribution is -2.17. The summed E-state index contributed by atoms with van der Waals surface area (Å²) in [4.78, 5) is 10.2. The van der Waals surface area contributed by atoms with Crippen molar-refractivity contribution < 1.29 is 19.5 Å². The SMILES string of the molecule is C[C@H](O)c1cc([N+](=O)[O-])ccc1OC1CCOC1. The Labute approximate surface area is 104 Å². The lowest BCUT2D eigenvalue weighted by Gasteiger charge is -2.16. The van der Waals surface area contributed by atoms with Gasteiger partial charge in [-0.25, -0.2) is 0 Å². The van der Waals surface area contributed by atoms with Crippen molar-refractivity contribution in [1.29, 1.82) is 0 Å². The van der Waals surface area contributed by atoms with Crippen molar-refractivity contribution in [2.24, 2.45) is 0 Å². The van der Waals surface area contributed by atoms with Crippen molar-refractivity contribution in [2.45, 2.75) is 25.6 Å². The average molecular weight is 253 g/mol. The molecule has 2 rings (SSSR count). The van der Waals surface area contributed by atoms with Gasteiger partial charge in [0.25, 0.3) is 5.69 Å². The summed E-state index contributed by atoms with van der Waals surface area (Å²) in [6, 6.07) is 4.24. The Balaban J connectivity index is 2.25. The van der Waals surface area contributed by atoms with Gasteiger partial charge in [-0.2, -0.15) is 0 Å². The van der Waals surface area contributed by atoms with Crippen molar-refractivity contribution in [3.8, 4) is 5.75 Å². The number of hydrogen-bond acceptors (Lipinski definition) is 5. The minimum absolute atomic E-state index is 0.0519. The van der Waals surface area contributed by atoms with Gasteiger partial charge in [0.2, 0.25) is 0 Å². The lowest BCUT2D eigenvalue weighted by atomic mass is 10.1. The van der Waals surface area contributed by atoms with Crippen LogP contribution in [0.25, 0.3) is 0 Å². The Morgan fingerprint density at radius 2 is 2.39 bits per heavy atom. The summed E-state index contributed by atoms with van der Waals surface area (Å²) < 4.78 is 10.9. The number of aliphatic hydroxyl groups is 1. The van der Waals surface area contributed by atoms with E-state index >= 15 is 0 Å². The summed E-state index contributed by atoms with van der Waals surface area (Å²) >= 11 is 0. The molecule has 1 aromatic carbocycles. The van der Waals surface area contributed by atoms with Gasteiger partial charge in [-0.05, 0) is 13.0 Å². The van der Waals surface area contributed by atoms with E-state index in [0.717, 1.165) is 6.42 Å². The van der Waals surface area contributed by atoms with Crippen molar-refractivity contribution >= 4 is 5.69 Å². The first-order chi connectivity index (χ1) is 8.58. The first-order valence-corrected chi connectivity index (χ1v) is 5.78. The van der Waals surface area contributed by atoms with Crippen LogP contribution in [0.4, 0.5) is 5.69 Å². The molecule has 18 heavy (non-hydrogen) atoms. The molecule has 1 aliphatic rings. The number of non-ortho nitro benzene ring substituents is 1. The van der Waals surface area contributed by atoms with Crippen LogP contribution in [0.5, 0.6) is 5.75 Å². The maximum atomic E-state index is 10.7. The normalized spacial score (nSPS) is 20.7. The maximum Gasteiger partial charge on any atom is 0.270 e. The van der Waals surface area contributed by atoms with E-state index in [0.29, 0.717) is 24.5 Å². The molecular formula is C12H15NO5. The number of nitrogens with zero attached hydrogens (tertiary/aromatic N) is 1. The molecule has 1 aliphatic heterocycles. The second-order valence-corrected chi connectivity index (χ2v) is 4.26. The van der Waals surface area contributed by atoms with Gasteiger partial charge in [0.05, 0.1) is 24.2 Å². The zero-order valence-corrected chi connectivity index (χ0v) is 10.0. The minimum Gasteiger partial charge on any atom is -0.488 e. The molecule has 0 amide bonds. The number of rotatable bonds is 4. The molecule has 0 saturated carbocycles. The van der Waals surface area contributed by atoms with Gasteiger partial charge in [0, 0.05) is 24.1 Å². The van der Waals surface area contributed by atoms with Crippen LogP contribution in [0.15, 0.2) is 18.2 Å². The first-order valence-electron chi connectivity index (χ1n) is 5.78. The summed E-state index contributed by atoms with van der Waals surface area (Å²) in [5, 5.41) is 20.3. The van der Waals surface area contributed by atoms with Crippen LogP contribution < -0.4 is 4.74 Å². The quantitative estimate of drug-likeness (QED) is 0.653. The van der Waals surface area contributed by atoms with Crippen LogP contribution in [0.2, 0.25) is 0 Å². The molecule has 1 saturated heterocycles. The van der Waals surface area contributed by atoms with E-state index in [1.807, 2.05) is 0 Å². The number of aliphatic hydroxyl groups excluding tert-OH is 1. The molecule has 98 valence electrons. The van der Waals surface area contributed by atoms with Gasteiger partial charge < -0.3 is 14.6 Å². The summed E-state index contributed by atoms with van der Waals surface area (Å²) in [6.07, 6.45) is -0.0813. The van der Waals surface area contributed by atoms with E-state index in [4.69, 9.17) is 9.47 Å². The second-order valence-electron chi connectivity index (χ2n) is 4.26. The van der Waals surface area contributed by atoms with E-state index in [1.165, 1.54) is 18.2 Å². The molecule has 0 aliphatic carbocycles. The molecule has 6 heteroatoms. The van der Waals surface area contributed by atoms with Crippen molar-refractivity contribution in [3.05, 3.63) is 33.9 Å². The fourth-order valence-corrected chi connectivity index (χ4v) is 1.87.